The van der Waals surface area contributed by atoms with Gasteiger partial charge < -0.3 is 14.9 Å². The summed E-state index contributed by atoms with van der Waals surface area (Å²) in [6, 6.07) is 9.58. The van der Waals surface area contributed by atoms with Gasteiger partial charge in [0.1, 0.15) is 5.75 Å². The highest BCUT2D eigenvalue weighted by molar-refractivity contribution is 5.98. The van der Waals surface area contributed by atoms with Crippen LogP contribution < -0.4 is 4.90 Å². The smallest absolute Gasteiger partial charge is 0.234 e. The van der Waals surface area contributed by atoms with Crippen molar-refractivity contribution < 1.29 is 9.90 Å². The van der Waals surface area contributed by atoms with E-state index >= 15 is 0 Å². The van der Waals surface area contributed by atoms with Gasteiger partial charge in [-0.3, -0.25) is 14.5 Å². The van der Waals surface area contributed by atoms with Crippen molar-refractivity contribution in [2.24, 2.45) is 0 Å². The molecule has 7 heteroatoms. The van der Waals surface area contributed by atoms with Crippen LogP contribution in [-0.4, -0.2) is 50.3 Å². The van der Waals surface area contributed by atoms with E-state index in [1.165, 1.54) is 32.4 Å². The number of phenols is 1. The Morgan fingerprint density at radius 3 is 2.68 bits per heavy atom. The Labute approximate surface area is 220 Å². The van der Waals surface area contributed by atoms with E-state index in [1.807, 2.05) is 46.2 Å². The van der Waals surface area contributed by atoms with Crippen LogP contribution in [0.3, 0.4) is 0 Å². The Bertz CT molecular complexity index is 1200. The van der Waals surface area contributed by atoms with Crippen molar-refractivity contribution in [2.45, 2.75) is 77.3 Å². The average molecular weight is 502 g/mol. The molecule has 196 valence electrons. The molecule has 3 heterocycles. The summed E-state index contributed by atoms with van der Waals surface area (Å²) in [5.41, 5.74) is 4.67. The van der Waals surface area contributed by atoms with Crippen molar-refractivity contribution in [2.75, 3.05) is 24.5 Å². The Kier molecular flexibility index (Phi) is 7.89. The fourth-order valence-electron chi connectivity index (χ4n) is 5.69. The van der Waals surface area contributed by atoms with Gasteiger partial charge in [0.05, 0.1) is 37.1 Å². The minimum atomic E-state index is -0.283. The summed E-state index contributed by atoms with van der Waals surface area (Å²) in [6.07, 6.45) is 12.1. The summed E-state index contributed by atoms with van der Waals surface area (Å²) in [6.45, 7) is 8.89. The minimum absolute atomic E-state index is 0.0479. The van der Waals surface area contributed by atoms with E-state index in [0.717, 1.165) is 60.4 Å². The van der Waals surface area contributed by atoms with Gasteiger partial charge in [-0.15, -0.1) is 0 Å². The number of aromatic nitrogens is 3. The third kappa shape index (κ3) is 5.87. The van der Waals surface area contributed by atoms with Gasteiger partial charge in [0.15, 0.2) is 0 Å². The lowest BCUT2D eigenvalue weighted by atomic mass is 9.81. The molecule has 5 rings (SSSR count). The molecule has 7 nitrogen and oxygen atoms in total. The van der Waals surface area contributed by atoms with E-state index in [-0.39, 0.29) is 11.8 Å². The molecule has 37 heavy (non-hydrogen) atoms. The van der Waals surface area contributed by atoms with Crippen molar-refractivity contribution in [3.63, 3.8) is 0 Å². The van der Waals surface area contributed by atoms with Crippen LogP contribution >= 0.6 is 0 Å². The van der Waals surface area contributed by atoms with Crippen LogP contribution in [0.5, 0.6) is 5.75 Å². The first-order chi connectivity index (χ1) is 18.0. The fourth-order valence-corrected chi connectivity index (χ4v) is 5.69. The number of anilines is 1. The molecule has 1 atom stereocenters. The fraction of sp³-hybridized carbons (Fsp3) is 0.500. The molecule has 1 amide bonds. The standard InChI is InChI=1S/C30H39N5O2/c1-22(2)28-13-12-24(19-31-28)35(30(37)27-10-6-9-26-25(27)8-7-11-29(26)36)21-23-18-32-34(20-23)17-16-33-14-4-3-5-15-33/h7-8,11-13,18-20,22,27,36H,3-6,9-10,14-17,21H2,1-2H3. The van der Waals surface area contributed by atoms with Gasteiger partial charge in [0.2, 0.25) is 5.91 Å². The molecule has 0 radical (unpaired) electrons. The first-order valence-electron chi connectivity index (χ1n) is 13.8. The average Bonchev–Trinajstić information content (AvgIpc) is 3.38. The number of likely N-dealkylation sites (tertiary alicyclic amines) is 1. The third-order valence-corrected chi connectivity index (χ3v) is 7.84. The second kappa shape index (κ2) is 11.5. The first kappa shape index (κ1) is 25.5. The molecule has 1 saturated heterocycles. The van der Waals surface area contributed by atoms with Crippen molar-refractivity contribution in [3.8, 4) is 5.75 Å². The normalized spacial score (nSPS) is 18.1. The Morgan fingerprint density at radius 1 is 1.08 bits per heavy atom. The second-order valence-corrected chi connectivity index (χ2v) is 10.8. The molecule has 0 spiro atoms. The Morgan fingerprint density at radius 2 is 1.92 bits per heavy atom. The number of amides is 1. The minimum Gasteiger partial charge on any atom is -0.508 e. The van der Waals surface area contributed by atoms with E-state index < -0.39 is 0 Å². The van der Waals surface area contributed by atoms with Gasteiger partial charge in [-0.1, -0.05) is 32.4 Å². The molecule has 2 aromatic heterocycles. The number of fused-ring (bicyclic) bond motifs is 1. The van der Waals surface area contributed by atoms with Gasteiger partial charge in [0, 0.05) is 24.0 Å². The van der Waals surface area contributed by atoms with Crippen LogP contribution in [0.1, 0.15) is 80.2 Å². The highest BCUT2D eigenvalue weighted by Gasteiger charge is 2.32. The highest BCUT2D eigenvalue weighted by Crippen LogP contribution is 2.38. The van der Waals surface area contributed by atoms with Crippen LogP contribution in [0.25, 0.3) is 0 Å². The van der Waals surface area contributed by atoms with Crippen molar-refractivity contribution in [3.05, 3.63) is 71.3 Å². The monoisotopic (exact) mass is 501 g/mol. The lowest BCUT2D eigenvalue weighted by Crippen LogP contribution is -2.36. The van der Waals surface area contributed by atoms with Gasteiger partial charge in [0.25, 0.3) is 0 Å². The van der Waals surface area contributed by atoms with Crippen LogP contribution in [0.4, 0.5) is 5.69 Å². The molecule has 1 aliphatic heterocycles. The number of aromatic hydroxyl groups is 1. The van der Waals surface area contributed by atoms with Crippen LogP contribution in [0, 0.1) is 0 Å². The van der Waals surface area contributed by atoms with E-state index in [9.17, 15) is 9.90 Å². The SMILES string of the molecule is CC(C)c1ccc(N(Cc2cnn(CCN3CCCCC3)c2)C(=O)C2CCCc3c(O)cccc32)cn1. The number of pyridine rings is 1. The van der Waals surface area contributed by atoms with Crippen LogP contribution in [-0.2, 0) is 24.3 Å². The summed E-state index contributed by atoms with van der Waals surface area (Å²) < 4.78 is 2.00. The summed E-state index contributed by atoms with van der Waals surface area (Å²) in [4.78, 5) is 23.1. The molecular formula is C30H39N5O2. The van der Waals surface area contributed by atoms with Crippen molar-refractivity contribution >= 4 is 11.6 Å². The number of hydrogen-bond acceptors (Lipinski definition) is 5. The van der Waals surface area contributed by atoms with Gasteiger partial charge in [-0.2, -0.15) is 5.10 Å². The number of nitrogens with zero attached hydrogens (tertiary/aromatic N) is 5. The molecule has 0 bridgehead atoms. The van der Waals surface area contributed by atoms with Crippen LogP contribution in [0.15, 0.2) is 48.9 Å². The van der Waals surface area contributed by atoms with E-state index in [4.69, 9.17) is 0 Å². The number of rotatable bonds is 8. The molecule has 1 aliphatic carbocycles. The van der Waals surface area contributed by atoms with Crippen molar-refractivity contribution in [1.29, 1.82) is 0 Å². The molecule has 1 N–H and O–H groups in total. The maximum atomic E-state index is 14.1. The predicted molar refractivity (Wildman–Crippen MR) is 146 cm³/mol. The molecule has 1 fully saturated rings. The van der Waals surface area contributed by atoms with Crippen LogP contribution in [0.2, 0.25) is 0 Å². The highest BCUT2D eigenvalue weighted by atomic mass is 16.3. The van der Waals surface area contributed by atoms with E-state index in [2.05, 4.69) is 35.0 Å². The molecule has 0 saturated carbocycles. The first-order valence-corrected chi connectivity index (χ1v) is 13.8. The van der Waals surface area contributed by atoms with Gasteiger partial charge in [-0.25, -0.2) is 0 Å². The molecule has 2 aliphatic rings. The van der Waals surface area contributed by atoms with E-state index in [1.54, 1.807) is 6.07 Å². The lowest BCUT2D eigenvalue weighted by Gasteiger charge is -2.31. The predicted octanol–water partition coefficient (Wildman–Crippen LogP) is 5.25. The number of hydrogen-bond donors (Lipinski definition) is 1. The second-order valence-electron chi connectivity index (χ2n) is 10.8. The third-order valence-electron chi connectivity index (χ3n) is 7.84. The number of carbonyl (C=O) groups excluding carboxylic acids is 1. The maximum absolute atomic E-state index is 14.1. The summed E-state index contributed by atoms with van der Waals surface area (Å²) in [5.74, 6) is 0.380. The Hall–Kier alpha value is -3.19. The summed E-state index contributed by atoms with van der Waals surface area (Å²) in [5, 5.41) is 15.0. The zero-order chi connectivity index (χ0) is 25.8. The maximum Gasteiger partial charge on any atom is 0.234 e. The molecule has 1 unspecified atom stereocenters. The number of carbonyl (C=O) groups is 1. The number of piperidine rings is 1. The molecule has 1 aromatic carbocycles. The topological polar surface area (TPSA) is 74.5 Å². The quantitative estimate of drug-likeness (QED) is 0.457. The van der Waals surface area contributed by atoms with Crippen molar-refractivity contribution in [1.82, 2.24) is 19.7 Å². The Balaban J connectivity index is 1.38. The number of phenolic OH excluding ortho intramolecular Hbond substituents is 1. The van der Waals surface area contributed by atoms with Gasteiger partial charge in [-0.05, 0) is 80.4 Å². The zero-order valence-electron chi connectivity index (χ0n) is 22.1. The summed E-state index contributed by atoms with van der Waals surface area (Å²) >= 11 is 0. The van der Waals surface area contributed by atoms with E-state index in [0.29, 0.717) is 18.2 Å². The zero-order valence-corrected chi connectivity index (χ0v) is 22.1. The largest absolute Gasteiger partial charge is 0.508 e. The summed E-state index contributed by atoms with van der Waals surface area (Å²) in [7, 11) is 0. The molecule has 3 aromatic rings. The number of benzene rings is 1. The van der Waals surface area contributed by atoms with Gasteiger partial charge >= 0.3 is 0 Å². The lowest BCUT2D eigenvalue weighted by molar-refractivity contribution is -0.120. The molecular weight excluding hydrogens is 462 g/mol.